The van der Waals surface area contributed by atoms with E-state index < -0.39 is 9.84 Å². The summed E-state index contributed by atoms with van der Waals surface area (Å²) in [5.74, 6) is 0.0622. The molecule has 92 valence electrons. The van der Waals surface area contributed by atoms with Gasteiger partial charge in [-0.05, 0) is 5.92 Å². The summed E-state index contributed by atoms with van der Waals surface area (Å²) in [7, 11) is -3.40. The molecule has 3 N–H and O–H groups in total. The first-order chi connectivity index (χ1) is 7.29. The number of rotatable bonds is 4. The SMILES string of the molecule is CC(C)c1nn(CCO)c(N)c1S(C)(=O)=O. The quantitative estimate of drug-likeness (QED) is 0.779. The van der Waals surface area contributed by atoms with E-state index in [1.807, 2.05) is 13.8 Å². The summed E-state index contributed by atoms with van der Waals surface area (Å²) < 4.78 is 24.5. The molecule has 1 aromatic heterocycles. The number of hydrogen-bond donors (Lipinski definition) is 2. The molecule has 7 heteroatoms. The van der Waals surface area contributed by atoms with E-state index in [1.54, 1.807) is 0 Å². The Balaban J connectivity index is 3.44. The molecule has 0 radical (unpaired) electrons. The Morgan fingerprint density at radius 3 is 2.38 bits per heavy atom. The van der Waals surface area contributed by atoms with Crippen molar-refractivity contribution in [1.29, 1.82) is 0 Å². The number of aliphatic hydroxyl groups is 1. The van der Waals surface area contributed by atoms with E-state index in [0.717, 1.165) is 6.26 Å². The maximum atomic E-state index is 11.6. The summed E-state index contributed by atoms with van der Waals surface area (Å²) in [6.45, 7) is 3.76. The Hall–Kier alpha value is -1.08. The van der Waals surface area contributed by atoms with Gasteiger partial charge in [-0.15, -0.1) is 0 Å². The molecule has 1 heterocycles. The number of aromatic nitrogens is 2. The third-order valence-electron chi connectivity index (χ3n) is 2.20. The monoisotopic (exact) mass is 247 g/mol. The molecular weight excluding hydrogens is 230 g/mol. The van der Waals surface area contributed by atoms with Gasteiger partial charge in [-0.1, -0.05) is 13.8 Å². The molecule has 0 spiro atoms. The summed E-state index contributed by atoms with van der Waals surface area (Å²) in [5, 5.41) is 12.9. The second-order valence-electron chi connectivity index (χ2n) is 3.97. The highest BCUT2D eigenvalue weighted by atomic mass is 32.2. The maximum absolute atomic E-state index is 11.6. The number of nitrogens with two attached hydrogens (primary N) is 1. The first-order valence-corrected chi connectivity index (χ1v) is 6.85. The largest absolute Gasteiger partial charge is 0.394 e. The van der Waals surface area contributed by atoms with Gasteiger partial charge in [0.2, 0.25) is 0 Å². The summed E-state index contributed by atoms with van der Waals surface area (Å²) in [5.41, 5.74) is 6.18. The van der Waals surface area contributed by atoms with Crippen LogP contribution in [0.25, 0.3) is 0 Å². The molecule has 1 rings (SSSR count). The van der Waals surface area contributed by atoms with Gasteiger partial charge >= 0.3 is 0 Å². The molecule has 0 unspecified atom stereocenters. The average Bonchev–Trinajstić information content (AvgIpc) is 2.43. The summed E-state index contributed by atoms with van der Waals surface area (Å²) in [6, 6.07) is 0. The fourth-order valence-electron chi connectivity index (χ4n) is 1.50. The zero-order valence-corrected chi connectivity index (χ0v) is 10.5. The second-order valence-corrected chi connectivity index (χ2v) is 5.93. The van der Waals surface area contributed by atoms with Crippen LogP contribution >= 0.6 is 0 Å². The lowest BCUT2D eigenvalue weighted by molar-refractivity contribution is 0.270. The van der Waals surface area contributed by atoms with Crippen LogP contribution in [0.3, 0.4) is 0 Å². The van der Waals surface area contributed by atoms with Crippen LogP contribution < -0.4 is 5.73 Å². The molecule has 0 aromatic carbocycles. The Morgan fingerprint density at radius 2 is 2.06 bits per heavy atom. The van der Waals surface area contributed by atoms with Gasteiger partial charge in [0.25, 0.3) is 0 Å². The third kappa shape index (κ3) is 2.35. The molecular formula is C9H17N3O3S. The number of nitrogens with zero attached hydrogens (tertiary/aromatic N) is 2. The van der Waals surface area contributed by atoms with E-state index in [9.17, 15) is 8.42 Å². The minimum Gasteiger partial charge on any atom is -0.394 e. The van der Waals surface area contributed by atoms with Crippen LogP contribution in [0.1, 0.15) is 25.5 Å². The van der Waals surface area contributed by atoms with Crippen molar-refractivity contribution in [3.05, 3.63) is 5.69 Å². The van der Waals surface area contributed by atoms with Crippen LogP contribution in [0.5, 0.6) is 0 Å². The van der Waals surface area contributed by atoms with Crippen molar-refractivity contribution < 1.29 is 13.5 Å². The van der Waals surface area contributed by atoms with Crippen molar-refractivity contribution in [2.24, 2.45) is 0 Å². The molecule has 0 saturated heterocycles. The van der Waals surface area contributed by atoms with Gasteiger partial charge in [0.1, 0.15) is 10.7 Å². The minimum atomic E-state index is -3.40. The van der Waals surface area contributed by atoms with Crippen molar-refractivity contribution in [3.63, 3.8) is 0 Å². The lowest BCUT2D eigenvalue weighted by Crippen LogP contribution is -2.09. The van der Waals surface area contributed by atoms with Crippen molar-refractivity contribution in [1.82, 2.24) is 9.78 Å². The average molecular weight is 247 g/mol. The smallest absolute Gasteiger partial charge is 0.181 e. The summed E-state index contributed by atoms with van der Waals surface area (Å²) in [4.78, 5) is 0.0796. The minimum absolute atomic E-state index is 0.0352. The molecule has 0 aliphatic heterocycles. The van der Waals surface area contributed by atoms with Crippen molar-refractivity contribution in [3.8, 4) is 0 Å². The van der Waals surface area contributed by atoms with E-state index in [2.05, 4.69) is 5.10 Å². The molecule has 0 aliphatic rings. The lowest BCUT2D eigenvalue weighted by atomic mass is 10.1. The first-order valence-electron chi connectivity index (χ1n) is 4.96. The Labute approximate surface area is 95.0 Å². The number of hydrogen-bond acceptors (Lipinski definition) is 5. The topological polar surface area (TPSA) is 98.2 Å². The fraction of sp³-hybridized carbons (Fsp3) is 0.667. The van der Waals surface area contributed by atoms with Crippen LogP contribution in [0.2, 0.25) is 0 Å². The fourth-order valence-corrected chi connectivity index (χ4v) is 2.64. The molecule has 0 aliphatic carbocycles. The molecule has 0 fully saturated rings. The number of nitrogen functional groups attached to an aromatic ring is 1. The van der Waals surface area contributed by atoms with Gasteiger partial charge in [0.05, 0.1) is 18.8 Å². The van der Waals surface area contributed by atoms with Crippen LogP contribution in [0.15, 0.2) is 4.90 Å². The van der Waals surface area contributed by atoms with Crippen LogP contribution in [0.4, 0.5) is 5.82 Å². The molecule has 0 bridgehead atoms. The van der Waals surface area contributed by atoms with Crippen molar-refractivity contribution in [2.75, 3.05) is 18.6 Å². The molecule has 6 nitrogen and oxygen atoms in total. The first kappa shape index (κ1) is 13.0. The normalized spacial score (nSPS) is 12.3. The van der Waals surface area contributed by atoms with Gasteiger partial charge in [0, 0.05) is 6.26 Å². The number of anilines is 1. The Kier molecular flexibility index (Phi) is 3.59. The van der Waals surface area contributed by atoms with E-state index >= 15 is 0 Å². The van der Waals surface area contributed by atoms with Crippen LogP contribution in [0, 0.1) is 0 Å². The van der Waals surface area contributed by atoms with Crippen molar-refractivity contribution in [2.45, 2.75) is 31.2 Å². The molecule has 0 saturated carbocycles. The van der Waals surface area contributed by atoms with E-state index in [0.29, 0.717) is 5.69 Å². The second kappa shape index (κ2) is 4.42. The Bertz CT molecular complexity index is 476. The highest BCUT2D eigenvalue weighted by Gasteiger charge is 2.25. The summed E-state index contributed by atoms with van der Waals surface area (Å²) >= 11 is 0. The predicted molar refractivity (Wildman–Crippen MR) is 60.9 cm³/mol. The van der Waals surface area contributed by atoms with E-state index in [-0.39, 0.29) is 29.8 Å². The van der Waals surface area contributed by atoms with Crippen LogP contribution in [-0.4, -0.2) is 36.2 Å². The zero-order chi connectivity index (χ0) is 12.5. The zero-order valence-electron chi connectivity index (χ0n) is 9.64. The van der Waals surface area contributed by atoms with Gasteiger partial charge in [-0.25, -0.2) is 13.1 Å². The number of aliphatic hydroxyl groups excluding tert-OH is 1. The Morgan fingerprint density at radius 1 is 1.50 bits per heavy atom. The number of sulfone groups is 1. The molecule has 1 aromatic rings. The summed E-state index contributed by atoms with van der Waals surface area (Å²) in [6.07, 6.45) is 1.11. The highest BCUT2D eigenvalue weighted by Crippen LogP contribution is 2.28. The van der Waals surface area contributed by atoms with E-state index in [1.165, 1.54) is 4.68 Å². The van der Waals surface area contributed by atoms with Gasteiger partial charge in [-0.3, -0.25) is 0 Å². The van der Waals surface area contributed by atoms with Crippen LogP contribution in [-0.2, 0) is 16.4 Å². The predicted octanol–water partition coefficient (Wildman–Crippen LogP) is -0.0155. The molecule has 0 amide bonds. The molecule has 0 atom stereocenters. The van der Waals surface area contributed by atoms with E-state index in [4.69, 9.17) is 10.8 Å². The molecule has 16 heavy (non-hydrogen) atoms. The van der Waals surface area contributed by atoms with Gasteiger partial charge < -0.3 is 10.8 Å². The standard InChI is InChI=1S/C9H17N3O3S/c1-6(2)7-8(16(3,14)15)9(10)12(11-7)4-5-13/h6,13H,4-5,10H2,1-3H3. The van der Waals surface area contributed by atoms with Gasteiger partial charge in [-0.2, -0.15) is 5.10 Å². The van der Waals surface area contributed by atoms with Gasteiger partial charge in [0.15, 0.2) is 9.84 Å². The maximum Gasteiger partial charge on any atom is 0.181 e. The van der Waals surface area contributed by atoms with Crippen molar-refractivity contribution >= 4 is 15.7 Å². The third-order valence-corrected chi connectivity index (χ3v) is 3.36. The highest BCUT2D eigenvalue weighted by molar-refractivity contribution is 7.91. The lowest BCUT2D eigenvalue weighted by Gasteiger charge is -2.03.